The lowest BCUT2D eigenvalue weighted by atomic mass is 10.0. The van der Waals surface area contributed by atoms with Crippen LogP contribution < -0.4 is 16.0 Å². The number of hydrogen-bond donors (Lipinski definition) is 3. The third kappa shape index (κ3) is 3.99. The van der Waals surface area contributed by atoms with Gasteiger partial charge in [0.15, 0.2) is 5.82 Å². The van der Waals surface area contributed by atoms with Crippen molar-refractivity contribution in [2.45, 2.75) is 25.8 Å². The molecule has 2 unspecified atom stereocenters. The van der Waals surface area contributed by atoms with E-state index in [1.54, 1.807) is 17.1 Å². The summed E-state index contributed by atoms with van der Waals surface area (Å²) in [5.74, 6) is 2.15. The zero-order chi connectivity index (χ0) is 19.7. The maximum absolute atomic E-state index is 12.0. The van der Waals surface area contributed by atoms with Gasteiger partial charge in [0, 0.05) is 38.9 Å². The van der Waals surface area contributed by atoms with Crippen LogP contribution in [0.15, 0.2) is 18.6 Å². The van der Waals surface area contributed by atoms with Gasteiger partial charge in [0.2, 0.25) is 5.95 Å². The third-order valence-electron chi connectivity index (χ3n) is 5.41. The van der Waals surface area contributed by atoms with E-state index in [1.807, 2.05) is 25.1 Å². The largest absolute Gasteiger partial charge is 0.366 e. The van der Waals surface area contributed by atoms with E-state index in [0.29, 0.717) is 41.2 Å². The number of anilines is 3. The predicted octanol–water partition coefficient (Wildman–Crippen LogP) is 2.46. The molecule has 1 saturated heterocycles. The second kappa shape index (κ2) is 7.83. The van der Waals surface area contributed by atoms with Crippen LogP contribution in [0.3, 0.4) is 0 Å². The molecule has 2 aromatic heterocycles. The maximum Gasteiger partial charge on any atom is 0.317 e. The first-order valence-electron chi connectivity index (χ1n) is 9.59. The van der Waals surface area contributed by atoms with Crippen molar-refractivity contribution in [1.29, 1.82) is 0 Å². The summed E-state index contributed by atoms with van der Waals surface area (Å²) >= 11 is 6.31. The lowest BCUT2D eigenvalue weighted by Gasteiger charge is -2.20. The summed E-state index contributed by atoms with van der Waals surface area (Å²) in [6.45, 7) is 4.24. The number of halogens is 1. The minimum absolute atomic E-state index is 0.0476. The van der Waals surface area contributed by atoms with E-state index in [0.717, 1.165) is 31.6 Å². The average molecular weight is 405 g/mol. The Morgan fingerprint density at radius 3 is 2.68 bits per heavy atom. The van der Waals surface area contributed by atoms with Crippen LogP contribution >= 0.6 is 11.6 Å². The number of carbonyl (C=O) groups excluding carboxylic acids is 1. The number of hydrogen-bond acceptors (Lipinski definition) is 6. The molecule has 10 heteroatoms. The van der Waals surface area contributed by atoms with Gasteiger partial charge < -0.3 is 20.9 Å². The minimum atomic E-state index is 0.0476. The van der Waals surface area contributed by atoms with Gasteiger partial charge in [-0.25, -0.2) is 9.78 Å². The van der Waals surface area contributed by atoms with Gasteiger partial charge in [0.25, 0.3) is 0 Å². The number of likely N-dealkylation sites (tertiary alicyclic amines) is 1. The number of fused-ring (bicyclic) bond motifs is 1. The van der Waals surface area contributed by atoms with Gasteiger partial charge in [0.1, 0.15) is 5.02 Å². The fourth-order valence-corrected chi connectivity index (χ4v) is 4.33. The van der Waals surface area contributed by atoms with E-state index in [-0.39, 0.29) is 6.03 Å². The summed E-state index contributed by atoms with van der Waals surface area (Å²) in [5.41, 5.74) is 0.816. The maximum atomic E-state index is 12.0. The number of carbonyl (C=O) groups is 1. The molecule has 1 aliphatic carbocycles. The second-order valence-electron chi connectivity index (χ2n) is 7.49. The molecule has 3 N–H and O–H groups in total. The van der Waals surface area contributed by atoms with Crippen molar-refractivity contribution in [2.75, 3.05) is 30.3 Å². The summed E-state index contributed by atoms with van der Waals surface area (Å²) in [4.78, 5) is 22.7. The Bertz CT molecular complexity index is 842. The molecule has 0 bridgehead atoms. The first-order chi connectivity index (χ1) is 13.5. The number of urea groups is 1. The molecule has 2 amide bonds. The molecule has 2 fully saturated rings. The molecule has 2 aromatic rings. The fourth-order valence-electron chi connectivity index (χ4n) is 4.18. The van der Waals surface area contributed by atoms with Crippen molar-refractivity contribution in [3.8, 4) is 0 Å². The van der Waals surface area contributed by atoms with Crippen LogP contribution in [0.4, 0.5) is 22.2 Å². The second-order valence-corrected chi connectivity index (χ2v) is 7.90. The smallest absolute Gasteiger partial charge is 0.317 e. The fraction of sp³-hybridized carbons (Fsp3) is 0.556. The highest BCUT2D eigenvalue weighted by molar-refractivity contribution is 6.32. The van der Waals surface area contributed by atoms with Crippen LogP contribution in [0.1, 0.15) is 19.8 Å². The molecule has 2 aliphatic rings. The third-order valence-corrected chi connectivity index (χ3v) is 5.69. The van der Waals surface area contributed by atoms with E-state index < -0.39 is 0 Å². The molecule has 4 rings (SSSR count). The summed E-state index contributed by atoms with van der Waals surface area (Å²) in [7, 11) is 1.85. The highest BCUT2D eigenvalue weighted by Crippen LogP contribution is 2.39. The Morgan fingerprint density at radius 1 is 1.29 bits per heavy atom. The van der Waals surface area contributed by atoms with Gasteiger partial charge in [-0.1, -0.05) is 11.6 Å². The summed E-state index contributed by atoms with van der Waals surface area (Å²) in [6, 6.07) is 0.344. The van der Waals surface area contributed by atoms with Gasteiger partial charge in [-0.2, -0.15) is 10.1 Å². The molecule has 2 atom stereocenters. The van der Waals surface area contributed by atoms with Gasteiger partial charge in [-0.15, -0.1) is 0 Å². The van der Waals surface area contributed by atoms with Crippen LogP contribution in [-0.2, 0) is 7.05 Å². The molecule has 0 spiro atoms. The lowest BCUT2D eigenvalue weighted by Crippen LogP contribution is -2.39. The van der Waals surface area contributed by atoms with Crippen molar-refractivity contribution in [1.82, 2.24) is 30.0 Å². The van der Waals surface area contributed by atoms with Gasteiger partial charge in [-0.3, -0.25) is 4.68 Å². The highest BCUT2D eigenvalue weighted by atomic mass is 35.5. The molecule has 1 saturated carbocycles. The van der Waals surface area contributed by atoms with E-state index >= 15 is 0 Å². The highest BCUT2D eigenvalue weighted by Gasteiger charge is 2.42. The Morgan fingerprint density at radius 2 is 2.04 bits per heavy atom. The first-order valence-corrected chi connectivity index (χ1v) is 9.97. The zero-order valence-electron chi connectivity index (χ0n) is 16.0. The van der Waals surface area contributed by atoms with Crippen LogP contribution in [0, 0.1) is 11.8 Å². The number of nitrogens with one attached hydrogen (secondary N) is 3. The minimum Gasteiger partial charge on any atom is -0.366 e. The Balaban J connectivity index is 1.37. The molecule has 0 aromatic carbocycles. The van der Waals surface area contributed by atoms with Crippen molar-refractivity contribution < 1.29 is 4.79 Å². The van der Waals surface area contributed by atoms with Crippen molar-refractivity contribution in [3.63, 3.8) is 0 Å². The van der Waals surface area contributed by atoms with Crippen molar-refractivity contribution >= 4 is 35.1 Å². The monoisotopic (exact) mass is 404 g/mol. The predicted molar refractivity (Wildman–Crippen MR) is 108 cm³/mol. The first kappa shape index (κ1) is 18.8. The quantitative estimate of drug-likeness (QED) is 0.707. The Kier molecular flexibility index (Phi) is 5.25. The number of amides is 2. The van der Waals surface area contributed by atoms with Crippen LogP contribution in [0.25, 0.3) is 0 Å². The number of aromatic nitrogens is 4. The molecular weight excluding hydrogens is 380 g/mol. The van der Waals surface area contributed by atoms with Crippen molar-refractivity contribution in [3.05, 3.63) is 23.6 Å². The van der Waals surface area contributed by atoms with Gasteiger partial charge in [-0.05, 0) is 31.6 Å². The van der Waals surface area contributed by atoms with Gasteiger partial charge >= 0.3 is 6.03 Å². The molecule has 3 heterocycles. The molecule has 9 nitrogen and oxygen atoms in total. The van der Waals surface area contributed by atoms with E-state index in [2.05, 4.69) is 31.0 Å². The van der Waals surface area contributed by atoms with Crippen LogP contribution in [0.5, 0.6) is 0 Å². The van der Waals surface area contributed by atoms with E-state index in [1.165, 1.54) is 0 Å². The normalized spacial score (nSPS) is 23.5. The molecule has 28 heavy (non-hydrogen) atoms. The number of aryl methyl sites for hydroxylation is 1. The summed E-state index contributed by atoms with van der Waals surface area (Å²) in [5, 5.41) is 14.1. The zero-order valence-corrected chi connectivity index (χ0v) is 16.8. The van der Waals surface area contributed by atoms with E-state index in [4.69, 9.17) is 11.6 Å². The summed E-state index contributed by atoms with van der Waals surface area (Å²) < 4.78 is 1.71. The number of nitrogens with zero attached hydrogens (tertiary/aromatic N) is 5. The van der Waals surface area contributed by atoms with Crippen molar-refractivity contribution in [2.24, 2.45) is 18.9 Å². The standard InChI is InChI=1S/C18H25ClN8O/c1-3-20-18(28)27-8-11-4-13(5-12(11)9-27)23-16-15(19)7-21-17(25-16)24-14-6-22-26(2)10-14/h6-7,10-13H,3-5,8-9H2,1-2H3,(H,20,28)(H2,21,23,24,25). The SMILES string of the molecule is CCNC(=O)N1CC2CC(Nc3nc(Nc4cnn(C)c4)ncc3Cl)CC2C1. The molecule has 0 radical (unpaired) electrons. The molecular formula is C18H25ClN8O. The summed E-state index contributed by atoms with van der Waals surface area (Å²) in [6.07, 6.45) is 7.17. The Labute approximate surface area is 168 Å². The van der Waals surface area contributed by atoms with Gasteiger partial charge in [0.05, 0.1) is 18.1 Å². The molecule has 1 aliphatic heterocycles. The van der Waals surface area contributed by atoms with E-state index in [9.17, 15) is 4.79 Å². The van der Waals surface area contributed by atoms with Crippen LogP contribution in [0.2, 0.25) is 5.02 Å². The number of rotatable bonds is 5. The lowest BCUT2D eigenvalue weighted by molar-refractivity contribution is 0.205. The van der Waals surface area contributed by atoms with Crippen LogP contribution in [-0.4, -0.2) is 56.4 Å². The average Bonchev–Trinajstić information content (AvgIpc) is 3.33. The Hall–Kier alpha value is -2.55. The molecule has 150 valence electrons. The topological polar surface area (TPSA) is 100 Å².